The van der Waals surface area contributed by atoms with E-state index in [1.54, 1.807) is 0 Å². The topological polar surface area (TPSA) is 49.0 Å². The Bertz CT molecular complexity index is 1040. The summed E-state index contributed by atoms with van der Waals surface area (Å²) < 4.78 is 23.1. The summed E-state index contributed by atoms with van der Waals surface area (Å²) in [6, 6.07) is 17.9. The monoisotopic (exact) mass is 439 g/mol. The lowest BCUT2D eigenvalue weighted by molar-refractivity contribution is 0.171. The van der Waals surface area contributed by atoms with Crippen LogP contribution in [-0.2, 0) is 13.2 Å². The minimum atomic E-state index is 0.425. The zero-order valence-electron chi connectivity index (χ0n) is 17.7. The maximum absolute atomic E-state index is 6.57. The van der Waals surface area contributed by atoms with E-state index in [1.807, 2.05) is 37.3 Å². The molecule has 1 aliphatic rings. The molecule has 0 saturated heterocycles. The molecule has 1 aliphatic heterocycles. The van der Waals surface area contributed by atoms with E-state index in [0.717, 1.165) is 28.3 Å². The zero-order chi connectivity index (χ0) is 21.6. The molecule has 6 heteroatoms. The lowest BCUT2D eigenvalue weighted by atomic mass is 10.1. The van der Waals surface area contributed by atoms with Gasteiger partial charge in [-0.1, -0.05) is 41.4 Å². The molecule has 162 valence electrons. The van der Waals surface area contributed by atoms with Gasteiger partial charge in [0.1, 0.15) is 19.8 Å². The lowest BCUT2D eigenvalue weighted by Gasteiger charge is -2.19. The highest BCUT2D eigenvalue weighted by Gasteiger charge is 2.14. The van der Waals surface area contributed by atoms with Crippen LogP contribution < -0.4 is 24.3 Å². The molecule has 0 bridgehead atoms. The van der Waals surface area contributed by atoms with E-state index < -0.39 is 0 Å². The molecule has 1 heterocycles. The minimum absolute atomic E-state index is 0.425. The first-order valence-corrected chi connectivity index (χ1v) is 10.8. The Balaban J connectivity index is 1.46. The number of rotatable bonds is 8. The predicted octanol–water partition coefficient (Wildman–Crippen LogP) is 6.01. The summed E-state index contributed by atoms with van der Waals surface area (Å²) in [5, 5.41) is 3.92. The number of hydrogen-bond donors (Lipinski definition) is 1. The molecule has 0 aliphatic carbocycles. The van der Waals surface area contributed by atoms with Crippen LogP contribution in [0.25, 0.3) is 0 Å². The highest BCUT2D eigenvalue weighted by Crippen LogP contribution is 2.38. The van der Waals surface area contributed by atoms with E-state index in [4.69, 9.17) is 30.5 Å². The molecule has 31 heavy (non-hydrogen) atoms. The van der Waals surface area contributed by atoms with Gasteiger partial charge in [0.25, 0.3) is 0 Å². The van der Waals surface area contributed by atoms with Crippen molar-refractivity contribution >= 4 is 17.3 Å². The van der Waals surface area contributed by atoms with Gasteiger partial charge in [0, 0.05) is 18.3 Å². The van der Waals surface area contributed by atoms with Crippen LogP contribution in [0.1, 0.15) is 23.6 Å². The third-order valence-corrected chi connectivity index (χ3v) is 5.19. The molecule has 0 aromatic heterocycles. The Morgan fingerprint density at radius 3 is 2.45 bits per heavy atom. The van der Waals surface area contributed by atoms with Crippen molar-refractivity contribution in [3.63, 3.8) is 0 Å². The molecular weight excluding hydrogens is 414 g/mol. The van der Waals surface area contributed by atoms with Gasteiger partial charge < -0.3 is 24.3 Å². The van der Waals surface area contributed by atoms with Crippen LogP contribution in [0.15, 0.2) is 54.6 Å². The maximum Gasteiger partial charge on any atom is 0.180 e. The van der Waals surface area contributed by atoms with Gasteiger partial charge in [-0.2, -0.15) is 0 Å². The van der Waals surface area contributed by atoms with Gasteiger partial charge in [0.05, 0.1) is 11.6 Å². The van der Waals surface area contributed by atoms with Gasteiger partial charge in [-0.05, 0) is 49.2 Å². The lowest BCUT2D eigenvalue weighted by Crippen LogP contribution is -2.15. The van der Waals surface area contributed by atoms with E-state index in [9.17, 15) is 0 Å². The summed E-state index contributed by atoms with van der Waals surface area (Å²) in [7, 11) is 0. The zero-order valence-corrected chi connectivity index (χ0v) is 18.5. The Labute approximate surface area is 187 Å². The van der Waals surface area contributed by atoms with Crippen molar-refractivity contribution in [2.45, 2.75) is 27.0 Å². The number of ether oxygens (including phenoxy) is 4. The second-order valence-corrected chi connectivity index (χ2v) is 7.73. The van der Waals surface area contributed by atoms with Crippen molar-refractivity contribution in [3.05, 3.63) is 76.3 Å². The summed E-state index contributed by atoms with van der Waals surface area (Å²) in [5.74, 6) is 2.73. The molecule has 0 saturated carbocycles. The van der Waals surface area contributed by atoms with Crippen LogP contribution in [0.5, 0.6) is 23.0 Å². The van der Waals surface area contributed by atoms with Gasteiger partial charge in [-0.25, -0.2) is 0 Å². The molecule has 5 nitrogen and oxygen atoms in total. The van der Waals surface area contributed by atoms with Gasteiger partial charge in [0.2, 0.25) is 0 Å². The standard InChI is InChI=1S/C25H26ClNO4/c1-3-28-24-13-19(15-27-20-8-9-22-23(14-20)30-11-10-29-22)12-21(26)25(24)31-16-18-6-4-17(2)5-7-18/h4-9,12-14,27H,3,10-11,15-16H2,1-2H3. The molecule has 4 rings (SSSR count). The summed E-state index contributed by atoms with van der Waals surface area (Å²) in [6.45, 7) is 6.68. The van der Waals surface area contributed by atoms with Crippen LogP contribution >= 0.6 is 11.6 Å². The Morgan fingerprint density at radius 2 is 1.68 bits per heavy atom. The molecule has 1 N–H and O–H groups in total. The SMILES string of the molecule is CCOc1cc(CNc2ccc3c(c2)OCCO3)cc(Cl)c1OCc1ccc(C)cc1. The third-order valence-electron chi connectivity index (χ3n) is 4.91. The third kappa shape index (κ3) is 5.36. The van der Waals surface area contributed by atoms with Crippen LogP contribution in [0.4, 0.5) is 5.69 Å². The Kier molecular flexibility index (Phi) is 6.73. The fraction of sp³-hybridized carbons (Fsp3) is 0.280. The number of aryl methyl sites for hydroxylation is 1. The Hall–Kier alpha value is -3.05. The second kappa shape index (κ2) is 9.84. The summed E-state index contributed by atoms with van der Waals surface area (Å²) in [6.07, 6.45) is 0. The molecular formula is C25H26ClNO4. The van der Waals surface area contributed by atoms with Crippen LogP contribution in [0.3, 0.4) is 0 Å². The van der Waals surface area contributed by atoms with Crippen molar-refractivity contribution in [3.8, 4) is 23.0 Å². The van der Waals surface area contributed by atoms with Gasteiger partial charge in [-0.3, -0.25) is 0 Å². The average Bonchev–Trinajstić information content (AvgIpc) is 2.78. The fourth-order valence-corrected chi connectivity index (χ4v) is 3.61. The van der Waals surface area contributed by atoms with E-state index in [-0.39, 0.29) is 0 Å². The largest absolute Gasteiger partial charge is 0.490 e. The minimum Gasteiger partial charge on any atom is -0.490 e. The number of benzene rings is 3. The number of hydrogen-bond acceptors (Lipinski definition) is 5. The highest BCUT2D eigenvalue weighted by molar-refractivity contribution is 6.32. The molecule has 3 aromatic rings. The molecule has 0 atom stereocenters. The van der Waals surface area contributed by atoms with Crippen molar-refractivity contribution in [1.82, 2.24) is 0 Å². The first kappa shape index (κ1) is 21.2. The van der Waals surface area contributed by atoms with E-state index in [0.29, 0.717) is 49.5 Å². The van der Waals surface area contributed by atoms with Gasteiger partial charge in [0.15, 0.2) is 23.0 Å². The second-order valence-electron chi connectivity index (χ2n) is 7.32. The van der Waals surface area contributed by atoms with Gasteiger partial charge in [-0.15, -0.1) is 0 Å². The van der Waals surface area contributed by atoms with Crippen LogP contribution in [-0.4, -0.2) is 19.8 Å². The summed E-state index contributed by atoms with van der Waals surface area (Å²) in [5.41, 5.74) is 4.23. The molecule has 3 aromatic carbocycles. The Morgan fingerprint density at radius 1 is 0.903 bits per heavy atom. The van der Waals surface area contributed by atoms with Crippen molar-refractivity contribution in [2.75, 3.05) is 25.1 Å². The molecule has 0 amide bonds. The van der Waals surface area contributed by atoms with Crippen LogP contribution in [0, 0.1) is 6.92 Å². The maximum atomic E-state index is 6.57. The fourth-order valence-electron chi connectivity index (χ4n) is 3.32. The van der Waals surface area contributed by atoms with E-state index in [1.165, 1.54) is 5.56 Å². The normalized spacial score (nSPS) is 12.4. The van der Waals surface area contributed by atoms with Gasteiger partial charge >= 0.3 is 0 Å². The first-order valence-electron chi connectivity index (χ1n) is 10.4. The van der Waals surface area contributed by atoms with Crippen molar-refractivity contribution < 1.29 is 18.9 Å². The molecule has 0 unspecified atom stereocenters. The quantitative estimate of drug-likeness (QED) is 0.465. The number of nitrogens with one attached hydrogen (secondary N) is 1. The van der Waals surface area contributed by atoms with E-state index >= 15 is 0 Å². The molecule has 0 fully saturated rings. The molecule has 0 radical (unpaired) electrons. The average molecular weight is 440 g/mol. The van der Waals surface area contributed by atoms with Crippen LogP contribution in [0.2, 0.25) is 5.02 Å². The van der Waals surface area contributed by atoms with Crippen molar-refractivity contribution in [2.24, 2.45) is 0 Å². The smallest absolute Gasteiger partial charge is 0.180 e. The summed E-state index contributed by atoms with van der Waals surface area (Å²) in [4.78, 5) is 0. The first-order chi connectivity index (χ1) is 15.1. The number of halogens is 1. The predicted molar refractivity (Wildman–Crippen MR) is 123 cm³/mol. The van der Waals surface area contributed by atoms with E-state index in [2.05, 4.69) is 36.5 Å². The van der Waals surface area contributed by atoms with Crippen molar-refractivity contribution in [1.29, 1.82) is 0 Å². The summed E-state index contributed by atoms with van der Waals surface area (Å²) >= 11 is 6.57. The number of anilines is 1. The number of fused-ring (bicyclic) bond motifs is 1. The highest BCUT2D eigenvalue weighted by atomic mass is 35.5. The molecule has 0 spiro atoms.